The Morgan fingerprint density at radius 3 is 2.58 bits per heavy atom. The Balaban J connectivity index is 1.66. The number of nitriles is 1. The second-order valence-electron chi connectivity index (χ2n) is 6.78. The maximum atomic E-state index is 12.8. The van der Waals surface area contributed by atoms with Crippen LogP contribution in [0.25, 0.3) is 0 Å². The summed E-state index contributed by atoms with van der Waals surface area (Å²) >= 11 is 2.10. The van der Waals surface area contributed by atoms with E-state index in [1.54, 1.807) is 12.1 Å². The first-order valence-corrected chi connectivity index (χ1v) is 11.4. The summed E-state index contributed by atoms with van der Waals surface area (Å²) in [5.41, 5.74) is -1.01. The van der Waals surface area contributed by atoms with Gasteiger partial charge in [-0.1, -0.05) is 0 Å². The molecule has 0 saturated carbocycles. The van der Waals surface area contributed by atoms with Gasteiger partial charge in [0.15, 0.2) is 0 Å². The normalized spacial score (nSPS) is 15.7. The molecule has 1 fully saturated rings. The summed E-state index contributed by atoms with van der Waals surface area (Å²) in [6, 6.07) is 9.51. The molecule has 0 spiro atoms. The molecular formula is C20H15F3N4O4S2. The van der Waals surface area contributed by atoms with Crippen molar-refractivity contribution in [2.75, 3.05) is 22.7 Å². The smallest absolute Gasteiger partial charge is 0.324 e. The van der Waals surface area contributed by atoms with E-state index in [0.29, 0.717) is 23.1 Å². The molecule has 172 valence electrons. The van der Waals surface area contributed by atoms with Crippen LogP contribution in [0.3, 0.4) is 0 Å². The Kier molecular flexibility index (Phi) is 7.50. The maximum Gasteiger partial charge on any atom is 0.416 e. The average molecular weight is 496 g/mol. The van der Waals surface area contributed by atoms with E-state index >= 15 is 0 Å². The van der Waals surface area contributed by atoms with Crippen LogP contribution in [0.5, 0.6) is 0 Å². The van der Waals surface area contributed by atoms with Crippen molar-refractivity contribution in [3.8, 4) is 6.07 Å². The number of nitrogens with zero attached hydrogens (tertiary/aromatic N) is 3. The number of thioether (sulfide) groups is 2. The van der Waals surface area contributed by atoms with Gasteiger partial charge in [0.25, 0.3) is 5.69 Å². The Hall–Kier alpha value is -3.24. The van der Waals surface area contributed by atoms with Gasteiger partial charge in [-0.15, -0.1) is 23.5 Å². The van der Waals surface area contributed by atoms with Crippen molar-refractivity contribution in [3.05, 3.63) is 63.7 Å². The van der Waals surface area contributed by atoms with Crippen molar-refractivity contribution in [3.63, 3.8) is 0 Å². The summed E-state index contributed by atoms with van der Waals surface area (Å²) in [6.07, 6.45) is -4.73. The molecule has 1 unspecified atom stereocenters. The number of nitrogens with one attached hydrogen (secondary N) is 1. The van der Waals surface area contributed by atoms with E-state index < -0.39 is 40.2 Å². The highest BCUT2D eigenvalue weighted by atomic mass is 32.2. The van der Waals surface area contributed by atoms with Gasteiger partial charge in [0.2, 0.25) is 11.8 Å². The first-order chi connectivity index (χ1) is 15.6. The zero-order chi connectivity index (χ0) is 24.2. The van der Waals surface area contributed by atoms with Gasteiger partial charge in [0.1, 0.15) is 6.04 Å². The van der Waals surface area contributed by atoms with Gasteiger partial charge in [-0.3, -0.25) is 19.7 Å². The van der Waals surface area contributed by atoms with Crippen molar-refractivity contribution in [1.29, 1.82) is 5.26 Å². The molecule has 1 saturated heterocycles. The number of carbonyl (C=O) groups is 2. The average Bonchev–Trinajstić information content (AvgIpc) is 3.27. The topological polar surface area (TPSA) is 116 Å². The molecule has 2 aromatic carbocycles. The fourth-order valence-electron chi connectivity index (χ4n) is 2.94. The number of rotatable bonds is 6. The SMILES string of the molecule is N#Cc1ccc(NC(=O)C2CSCN2C(=O)CSc2ccc(C(F)(F)F)cc2[N+](=O)[O-])cc1. The molecule has 13 heteroatoms. The van der Waals surface area contributed by atoms with Gasteiger partial charge >= 0.3 is 6.18 Å². The van der Waals surface area contributed by atoms with E-state index in [4.69, 9.17) is 5.26 Å². The molecule has 1 aliphatic rings. The lowest BCUT2D eigenvalue weighted by molar-refractivity contribution is -0.388. The highest BCUT2D eigenvalue weighted by Gasteiger charge is 2.36. The number of nitro benzene ring substituents is 1. The van der Waals surface area contributed by atoms with E-state index in [9.17, 15) is 32.9 Å². The molecule has 0 radical (unpaired) electrons. The van der Waals surface area contributed by atoms with E-state index in [1.165, 1.54) is 28.8 Å². The molecule has 1 N–H and O–H groups in total. The van der Waals surface area contributed by atoms with Crippen LogP contribution in [0.4, 0.5) is 24.5 Å². The quantitative estimate of drug-likeness (QED) is 0.363. The van der Waals surface area contributed by atoms with Crippen LogP contribution in [0, 0.1) is 21.4 Å². The summed E-state index contributed by atoms with van der Waals surface area (Å²) in [5, 5.41) is 22.7. The number of hydrogen-bond acceptors (Lipinski definition) is 7. The van der Waals surface area contributed by atoms with Crippen LogP contribution in [0.2, 0.25) is 0 Å². The summed E-state index contributed by atoms with van der Waals surface area (Å²) in [4.78, 5) is 36.9. The first-order valence-electron chi connectivity index (χ1n) is 9.27. The van der Waals surface area contributed by atoms with Crippen molar-refractivity contribution < 1.29 is 27.7 Å². The number of anilines is 1. The van der Waals surface area contributed by atoms with E-state index in [-0.39, 0.29) is 16.5 Å². The summed E-state index contributed by atoms with van der Waals surface area (Å²) in [6.45, 7) is 0. The van der Waals surface area contributed by atoms with E-state index in [1.807, 2.05) is 6.07 Å². The van der Waals surface area contributed by atoms with Gasteiger partial charge in [0.05, 0.1) is 38.6 Å². The molecule has 2 aromatic rings. The fraction of sp³-hybridized carbons (Fsp3) is 0.250. The Labute approximate surface area is 194 Å². The second kappa shape index (κ2) is 10.1. The molecule has 2 amide bonds. The predicted octanol–water partition coefficient (Wildman–Crippen LogP) is 4.12. The zero-order valence-electron chi connectivity index (χ0n) is 16.7. The van der Waals surface area contributed by atoms with Crippen LogP contribution in [0.15, 0.2) is 47.4 Å². The van der Waals surface area contributed by atoms with Crippen molar-refractivity contribution in [2.45, 2.75) is 17.1 Å². The molecule has 0 aromatic heterocycles. The molecule has 1 aliphatic heterocycles. The summed E-state index contributed by atoms with van der Waals surface area (Å²) in [7, 11) is 0. The monoisotopic (exact) mass is 496 g/mol. The number of nitro groups is 1. The lowest BCUT2D eigenvalue weighted by Crippen LogP contribution is -2.45. The largest absolute Gasteiger partial charge is 0.416 e. The zero-order valence-corrected chi connectivity index (χ0v) is 18.3. The third-order valence-electron chi connectivity index (χ3n) is 4.62. The number of amides is 2. The van der Waals surface area contributed by atoms with Gasteiger partial charge in [-0.2, -0.15) is 18.4 Å². The number of alkyl halides is 3. The maximum absolute atomic E-state index is 12.8. The van der Waals surface area contributed by atoms with Gasteiger partial charge < -0.3 is 10.2 Å². The van der Waals surface area contributed by atoms with Crippen LogP contribution in [-0.4, -0.2) is 45.1 Å². The van der Waals surface area contributed by atoms with Crippen molar-refractivity contribution >= 4 is 46.7 Å². The minimum absolute atomic E-state index is 0.0771. The number of hydrogen-bond donors (Lipinski definition) is 1. The fourth-order valence-corrected chi connectivity index (χ4v) is 5.01. The summed E-state index contributed by atoms with van der Waals surface area (Å²) < 4.78 is 38.5. The molecule has 3 rings (SSSR count). The molecular weight excluding hydrogens is 481 g/mol. The van der Waals surface area contributed by atoms with Crippen LogP contribution >= 0.6 is 23.5 Å². The summed E-state index contributed by atoms with van der Waals surface area (Å²) in [5.74, 6) is -0.602. The Morgan fingerprint density at radius 2 is 1.97 bits per heavy atom. The molecule has 0 aliphatic carbocycles. The Morgan fingerprint density at radius 1 is 1.27 bits per heavy atom. The predicted molar refractivity (Wildman–Crippen MR) is 117 cm³/mol. The lowest BCUT2D eigenvalue weighted by atomic mass is 10.2. The standard InChI is InChI=1S/C20H15F3N4O4S2/c21-20(22,23)13-3-6-17(15(7-13)27(30)31)33-10-18(28)26-11-32-9-16(26)19(29)25-14-4-1-12(8-24)2-5-14/h1-7,16H,9-11H2,(H,25,29). The van der Waals surface area contributed by atoms with Gasteiger partial charge in [-0.25, -0.2) is 0 Å². The third-order valence-corrected chi connectivity index (χ3v) is 6.68. The van der Waals surface area contributed by atoms with Crippen molar-refractivity contribution in [1.82, 2.24) is 4.90 Å². The van der Waals surface area contributed by atoms with E-state index in [2.05, 4.69) is 5.32 Å². The van der Waals surface area contributed by atoms with Crippen molar-refractivity contribution in [2.24, 2.45) is 0 Å². The highest BCUT2D eigenvalue weighted by molar-refractivity contribution is 8.00. The molecule has 1 heterocycles. The van der Waals surface area contributed by atoms with Crippen LogP contribution in [-0.2, 0) is 15.8 Å². The van der Waals surface area contributed by atoms with Gasteiger partial charge in [-0.05, 0) is 36.4 Å². The second-order valence-corrected chi connectivity index (χ2v) is 8.80. The van der Waals surface area contributed by atoms with Crippen LogP contribution in [0.1, 0.15) is 11.1 Å². The lowest BCUT2D eigenvalue weighted by Gasteiger charge is -2.23. The minimum Gasteiger partial charge on any atom is -0.324 e. The molecule has 1 atom stereocenters. The van der Waals surface area contributed by atoms with Gasteiger partial charge in [0, 0.05) is 17.5 Å². The number of carbonyl (C=O) groups excluding carboxylic acids is 2. The molecule has 8 nitrogen and oxygen atoms in total. The third kappa shape index (κ3) is 5.96. The minimum atomic E-state index is -4.73. The number of halogens is 3. The van der Waals surface area contributed by atoms with Crippen LogP contribution < -0.4 is 5.32 Å². The highest BCUT2D eigenvalue weighted by Crippen LogP contribution is 2.37. The molecule has 0 bridgehead atoms. The molecule has 33 heavy (non-hydrogen) atoms. The van der Waals surface area contributed by atoms with E-state index in [0.717, 1.165) is 23.9 Å². The Bertz CT molecular complexity index is 1120. The first kappa shape index (κ1) is 24.4. The number of benzene rings is 2.